The fourth-order valence-corrected chi connectivity index (χ4v) is 2.21. The Bertz CT molecular complexity index is 770. The van der Waals surface area contributed by atoms with Crippen molar-refractivity contribution in [2.45, 2.75) is 20.8 Å². The summed E-state index contributed by atoms with van der Waals surface area (Å²) in [5, 5.41) is 2.92. The number of hydrogen-bond acceptors (Lipinski definition) is 3. The molecule has 1 aliphatic heterocycles. The van der Waals surface area contributed by atoms with Crippen LogP contribution in [-0.2, 0) is 4.79 Å². The van der Waals surface area contributed by atoms with Crippen LogP contribution in [0.2, 0.25) is 0 Å². The second kappa shape index (κ2) is 6.40. The van der Waals surface area contributed by atoms with Gasteiger partial charge in [0, 0.05) is 11.1 Å². The number of benzene rings is 2. The van der Waals surface area contributed by atoms with Crippen LogP contribution in [0.15, 0.2) is 42.5 Å². The van der Waals surface area contributed by atoms with Gasteiger partial charge in [-0.3, -0.25) is 4.79 Å². The molecule has 24 heavy (non-hydrogen) atoms. The van der Waals surface area contributed by atoms with Crippen LogP contribution in [0.3, 0.4) is 0 Å². The summed E-state index contributed by atoms with van der Waals surface area (Å²) >= 11 is 0. The van der Waals surface area contributed by atoms with Gasteiger partial charge in [-0.1, -0.05) is 51.1 Å². The number of nitrogens with one attached hydrogen (secondary N) is 1. The molecule has 0 spiro atoms. The van der Waals surface area contributed by atoms with Crippen LogP contribution in [0.1, 0.15) is 31.9 Å². The molecule has 0 bridgehead atoms. The van der Waals surface area contributed by atoms with Crippen LogP contribution < -0.4 is 14.8 Å². The number of fused-ring (bicyclic) bond motifs is 1. The Morgan fingerprint density at radius 2 is 1.58 bits per heavy atom. The van der Waals surface area contributed by atoms with E-state index in [0.29, 0.717) is 0 Å². The van der Waals surface area contributed by atoms with Crippen molar-refractivity contribution in [1.82, 2.24) is 0 Å². The number of anilines is 1. The van der Waals surface area contributed by atoms with Crippen molar-refractivity contribution < 1.29 is 14.3 Å². The predicted octanol–water partition coefficient (Wildman–Crippen LogP) is 4.57. The molecule has 0 atom stereocenters. The molecular weight excluding hydrogens is 302 g/mol. The molecule has 0 saturated heterocycles. The van der Waals surface area contributed by atoms with Crippen molar-refractivity contribution in [2.75, 3.05) is 12.1 Å². The van der Waals surface area contributed by atoms with Crippen LogP contribution in [0.5, 0.6) is 11.5 Å². The monoisotopic (exact) mass is 323 g/mol. The molecule has 0 radical (unpaired) electrons. The lowest BCUT2D eigenvalue weighted by molar-refractivity contribution is -0.123. The van der Waals surface area contributed by atoms with Crippen molar-refractivity contribution in [3.63, 3.8) is 0 Å². The lowest BCUT2D eigenvalue weighted by atomic mass is 9.95. The standard InChI is InChI=1S/C20H21NO3/c1-20(2,3)19(22)21-16-9-6-14(7-10-16)4-5-15-8-11-17-18(12-15)24-13-23-17/h4-12H,13H2,1-3H3,(H,21,22)/b5-4+. The summed E-state index contributed by atoms with van der Waals surface area (Å²) in [6.45, 7) is 5.96. The van der Waals surface area contributed by atoms with E-state index in [1.807, 2.05) is 75.4 Å². The summed E-state index contributed by atoms with van der Waals surface area (Å²) in [5.41, 5.74) is 2.50. The van der Waals surface area contributed by atoms with E-state index in [1.54, 1.807) is 0 Å². The number of hydrogen-bond donors (Lipinski definition) is 1. The molecule has 0 fully saturated rings. The Morgan fingerprint density at radius 1 is 0.958 bits per heavy atom. The number of carbonyl (C=O) groups is 1. The van der Waals surface area contributed by atoms with Crippen molar-refractivity contribution in [1.29, 1.82) is 0 Å². The highest BCUT2D eigenvalue weighted by Crippen LogP contribution is 2.33. The maximum absolute atomic E-state index is 12.0. The molecule has 1 N–H and O–H groups in total. The van der Waals surface area contributed by atoms with Crippen LogP contribution in [-0.4, -0.2) is 12.7 Å². The number of amides is 1. The predicted molar refractivity (Wildman–Crippen MR) is 96.0 cm³/mol. The SMILES string of the molecule is CC(C)(C)C(=O)Nc1ccc(/C=C/c2ccc3c(c2)OCO3)cc1. The molecule has 4 heteroatoms. The molecule has 1 aliphatic rings. The number of carbonyl (C=O) groups excluding carboxylic acids is 1. The van der Waals surface area contributed by atoms with Crippen LogP contribution in [0.4, 0.5) is 5.69 Å². The Kier molecular flexibility index (Phi) is 4.30. The van der Waals surface area contributed by atoms with Gasteiger partial charge >= 0.3 is 0 Å². The first-order chi connectivity index (χ1) is 11.4. The van der Waals surface area contributed by atoms with Gasteiger partial charge in [0.2, 0.25) is 12.7 Å². The molecule has 0 aliphatic carbocycles. The zero-order chi connectivity index (χ0) is 17.2. The first-order valence-electron chi connectivity index (χ1n) is 7.91. The van der Waals surface area contributed by atoms with Crippen LogP contribution >= 0.6 is 0 Å². The Balaban J connectivity index is 1.67. The van der Waals surface area contributed by atoms with Crippen molar-refractivity contribution in [3.8, 4) is 11.5 Å². The largest absolute Gasteiger partial charge is 0.454 e. The second-order valence-electron chi connectivity index (χ2n) is 6.77. The van der Waals surface area contributed by atoms with Gasteiger partial charge in [-0.15, -0.1) is 0 Å². The minimum Gasteiger partial charge on any atom is -0.454 e. The third-order valence-electron chi connectivity index (χ3n) is 3.71. The Morgan fingerprint density at radius 3 is 2.29 bits per heavy atom. The molecule has 124 valence electrons. The zero-order valence-electron chi connectivity index (χ0n) is 14.1. The molecule has 1 heterocycles. The molecule has 2 aromatic rings. The van der Waals surface area contributed by atoms with Gasteiger partial charge in [0.1, 0.15) is 0 Å². The van der Waals surface area contributed by atoms with Crippen molar-refractivity contribution >= 4 is 23.7 Å². The van der Waals surface area contributed by atoms with E-state index in [0.717, 1.165) is 28.3 Å². The van der Waals surface area contributed by atoms with E-state index in [-0.39, 0.29) is 12.7 Å². The smallest absolute Gasteiger partial charge is 0.231 e. The van der Waals surface area contributed by atoms with Gasteiger partial charge in [0.15, 0.2) is 11.5 Å². The van der Waals surface area contributed by atoms with Gasteiger partial charge in [-0.25, -0.2) is 0 Å². The fraction of sp³-hybridized carbons (Fsp3) is 0.250. The van der Waals surface area contributed by atoms with Crippen LogP contribution in [0.25, 0.3) is 12.2 Å². The second-order valence-corrected chi connectivity index (χ2v) is 6.77. The van der Waals surface area contributed by atoms with Gasteiger partial charge in [-0.2, -0.15) is 0 Å². The van der Waals surface area contributed by atoms with E-state index >= 15 is 0 Å². The van der Waals surface area contributed by atoms with E-state index in [1.165, 1.54) is 0 Å². The average Bonchev–Trinajstić information content (AvgIpc) is 3.01. The van der Waals surface area contributed by atoms with E-state index < -0.39 is 5.41 Å². The molecule has 3 rings (SSSR count). The van der Waals surface area contributed by atoms with Crippen molar-refractivity contribution in [3.05, 3.63) is 53.6 Å². The summed E-state index contributed by atoms with van der Waals surface area (Å²) in [4.78, 5) is 12.0. The third kappa shape index (κ3) is 3.77. The molecule has 0 unspecified atom stereocenters. The zero-order valence-corrected chi connectivity index (χ0v) is 14.1. The van der Waals surface area contributed by atoms with Gasteiger partial charge in [-0.05, 0) is 35.4 Å². The third-order valence-corrected chi connectivity index (χ3v) is 3.71. The molecule has 2 aromatic carbocycles. The summed E-state index contributed by atoms with van der Waals surface area (Å²) in [6, 6.07) is 13.6. The summed E-state index contributed by atoms with van der Waals surface area (Å²) < 4.78 is 10.7. The summed E-state index contributed by atoms with van der Waals surface area (Å²) in [7, 11) is 0. The average molecular weight is 323 g/mol. The highest BCUT2D eigenvalue weighted by Gasteiger charge is 2.20. The van der Waals surface area contributed by atoms with Gasteiger partial charge in [0.05, 0.1) is 0 Å². The Hall–Kier alpha value is -2.75. The molecule has 1 amide bonds. The first-order valence-corrected chi connectivity index (χ1v) is 7.91. The van der Waals surface area contributed by atoms with Crippen LogP contribution in [0, 0.1) is 5.41 Å². The van der Waals surface area contributed by atoms with E-state index in [9.17, 15) is 4.79 Å². The number of rotatable bonds is 3. The topological polar surface area (TPSA) is 47.6 Å². The van der Waals surface area contributed by atoms with E-state index in [2.05, 4.69) is 5.32 Å². The summed E-state index contributed by atoms with van der Waals surface area (Å²) in [6.07, 6.45) is 4.04. The fourth-order valence-electron chi connectivity index (χ4n) is 2.21. The Labute approximate surface area is 142 Å². The molecular formula is C20H21NO3. The van der Waals surface area contributed by atoms with Crippen molar-refractivity contribution in [2.24, 2.45) is 5.41 Å². The quantitative estimate of drug-likeness (QED) is 0.842. The highest BCUT2D eigenvalue weighted by molar-refractivity contribution is 5.94. The lowest BCUT2D eigenvalue weighted by Gasteiger charge is -2.17. The molecule has 0 saturated carbocycles. The maximum atomic E-state index is 12.0. The summed E-state index contributed by atoms with van der Waals surface area (Å²) in [5.74, 6) is 1.56. The highest BCUT2D eigenvalue weighted by atomic mass is 16.7. The maximum Gasteiger partial charge on any atom is 0.231 e. The lowest BCUT2D eigenvalue weighted by Crippen LogP contribution is -2.27. The van der Waals surface area contributed by atoms with Gasteiger partial charge < -0.3 is 14.8 Å². The normalized spacial score (nSPS) is 13.3. The molecule has 0 aromatic heterocycles. The minimum absolute atomic E-state index is 0.00570. The first kappa shape index (κ1) is 16.1. The number of ether oxygens (including phenoxy) is 2. The van der Waals surface area contributed by atoms with E-state index in [4.69, 9.17) is 9.47 Å². The molecule has 4 nitrogen and oxygen atoms in total. The minimum atomic E-state index is -0.405. The van der Waals surface area contributed by atoms with Gasteiger partial charge in [0.25, 0.3) is 0 Å².